The Hall–Kier alpha value is -4.17. The van der Waals surface area contributed by atoms with Crippen LogP contribution < -0.4 is 16.0 Å². The second-order valence-corrected chi connectivity index (χ2v) is 13.6. The second-order valence-electron chi connectivity index (χ2n) is 12.8. The number of carbonyl (C=O) groups excluding carboxylic acids is 4. The molecule has 252 valence electrons. The normalized spacial score (nSPS) is 17.5. The number of aromatic nitrogens is 4. The summed E-state index contributed by atoms with van der Waals surface area (Å²) in [6, 6.07) is 7.48. The number of likely N-dealkylation sites (N-methyl/N-ethyl adjacent to an activating group) is 1. The second kappa shape index (κ2) is 16.1. The van der Waals surface area contributed by atoms with Gasteiger partial charge in [0.25, 0.3) is 11.8 Å². The number of amides is 4. The summed E-state index contributed by atoms with van der Waals surface area (Å²) in [5.41, 5.74) is 1.84. The Morgan fingerprint density at radius 1 is 0.915 bits per heavy atom. The molecular weight excluding hydrogens is 618 g/mol. The van der Waals surface area contributed by atoms with Crippen LogP contribution in [0, 0.1) is 5.92 Å². The number of hydrogen-bond acceptors (Lipinski definition) is 9. The lowest BCUT2D eigenvalue weighted by atomic mass is 9.91. The fraction of sp³-hybridized carbons (Fsp3) is 0.545. The molecule has 0 spiro atoms. The van der Waals surface area contributed by atoms with Gasteiger partial charge in [0.05, 0.1) is 6.20 Å². The molecule has 1 aliphatic heterocycles. The predicted molar refractivity (Wildman–Crippen MR) is 179 cm³/mol. The van der Waals surface area contributed by atoms with E-state index in [1.54, 1.807) is 34.0 Å². The molecule has 0 radical (unpaired) electrons. The Balaban J connectivity index is 1.28. The summed E-state index contributed by atoms with van der Waals surface area (Å²) in [5, 5.41) is 17.0. The van der Waals surface area contributed by atoms with Crippen LogP contribution in [-0.4, -0.2) is 98.1 Å². The zero-order valence-electron chi connectivity index (χ0n) is 27.4. The molecule has 0 bridgehead atoms. The molecule has 14 heteroatoms. The fourth-order valence-corrected chi connectivity index (χ4v) is 6.70. The quantitative estimate of drug-likeness (QED) is 0.265. The highest BCUT2D eigenvalue weighted by molar-refractivity contribution is 7.07. The van der Waals surface area contributed by atoms with Crippen molar-refractivity contribution in [2.45, 2.75) is 76.9 Å². The van der Waals surface area contributed by atoms with Gasteiger partial charge < -0.3 is 25.8 Å². The molecular formula is C33H45N9O4S. The van der Waals surface area contributed by atoms with Crippen molar-refractivity contribution in [2.75, 3.05) is 38.5 Å². The third kappa shape index (κ3) is 9.01. The number of nitrogens with zero attached hydrogens (tertiary/aromatic N) is 6. The highest BCUT2D eigenvalue weighted by Gasteiger charge is 2.32. The van der Waals surface area contributed by atoms with E-state index in [9.17, 15) is 19.2 Å². The van der Waals surface area contributed by atoms with E-state index < -0.39 is 12.1 Å². The topological polar surface area (TPSA) is 154 Å². The Morgan fingerprint density at radius 2 is 1.62 bits per heavy atom. The highest BCUT2D eigenvalue weighted by atomic mass is 32.1. The van der Waals surface area contributed by atoms with Crippen LogP contribution in [-0.2, 0) is 16.0 Å². The first-order chi connectivity index (χ1) is 22.7. The van der Waals surface area contributed by atoms with Crippen LogP contribution in [0.3, 0.4) is 0 Å². The van der Waals surface area contributed by atoms with Gasteiger partial charge in [0.15, 0.2) is 0 Å². The van der Waals surface area contributed by atoms with Gasteiger partial charge in [-0.05, 0) is 74.9 Å². The maximum atomic E-state index is 13.8. The summed E-state index contributed by atoms with van der Waals surface area (Å²) >= 11 is 0.977. The monoisotopic (exact) mass is 663 g/mol. The predicted octanol–water partition coefficient (Wildman–Crippen LogP) is 3.14. The molecule has 1 saturated heterocycles. The van der Waals surface area contributed by atoms with Gasteiger partial charge >= 0.3 is 0 Å². The maximum Gasteiger partial charge on any atom is 0.270 e. The van der Waals surface area contributed by atoms with Gasteiger partial charge in [0.1, 0.15) is 22.7 Å². The van der Waals surface area contributed by atoms with Gasteiger partial charge in [0, 0.05) is 50.5 Å². The molecule has 2 aliphatic rings. The van der Waals surface area contributed by atoms with Gasteiger partial charge in [0.2, 0.25) is 11.8 Å². The van der Waals surface area contributed by atoms with Crippen LogP contribution in [0.15, 0.2) is 42.7 Å². The molecule has 3 aromatic rings. The van der Waals surface area contributed by atoms with E-state index in [1.807, 2.05) is 33.0 Å². The standard InChI is InChI=1S/C33H45N9O4S/c1-22(2)42-27(14-15-35-42)30(43)38-29(24-8-6-4-5-7-9-24)32(45)36-25-12-10-23(11-13-25)20-26(37-31(44)28-21-34-39-47-28)33(46)41-18-16-40(3)17-19-41/h10-15,21-22,24,26,29H,4-9,16-20H2,1-3H3,(H,36,45)(H,37,44)(H,38,43)/t26-,29+/m1/s1. The zero-order chi connectivity index (χ0) is 33.3. The third-order valence-electron chi connectivity index (χ3n) is 9.00. The number of benzene rings is 1. The lowest BCUT2D eigenvalue weighted by Gasteiger charge is -2.34. The fourth-order valence-electron chi connectivity index (χ4n) is 6.29. The lowest BCUT2D eigenvalue weighted by molar-refractivity contribution is -0.134. The highest BCUT2D eigenvalue weighted by Crippen LogP contribution is 2.27. The molecule has 13 nitrogen and oxygen atoms in total. The van der Waals surface area contributed by atoms with E-state index in [0.29, 0.717) is 29.3 Å². The van der Waals surface area contributed by atoms with Crippen molar-refractivity contribution >= 4 is 40.8 Å². The minimum Gasteiger partial charge on any atom is -0.339 e. The molecule has 3 heterocycles. The number of carbonyl (C=O) groups is 4. The number of hydrogen-bond donors (Lipinski definition) is 3. The molecule has 2 aromatic heterocycles. The van der Waals surface area contributed by atoms with Crippen molar-refractivity contribution in [1.29, 1.82) is 0 Å². The lowest BCUT2D eigenvalue weighted by Crippen LogP contribution is -2.54. The molecule has 1 aliphatic carbocycles. The van der Waals surface area contributed by atoms with Crippen molar-refractivity contribution < 1.29 is 19.2 Å². The first kappa shape index (κ1) is 34.2. The van der Waals surface area contributed by atoms with Crippen LogP contribution >= 0.6 is 11.5 Å². The summed E-state index contributed by atoms with van der Waals surface area (Å²) in [6.45, 7) is 6.63. The molecule has 5 rings (SSSR count). The van der Waals surface area contributed by atoms with Crippen molar-refractivity contribution in [2.24, 2.45) is 5.92 Å². The third-order valence-corrected chi connectivity index (χ3v) is 9.66. The minimum atomic E-state index is -0.775. The zero-order valence-corrected chi connectivity index (χ0v) is 28.2. The first-order valence-corrected chi connectivity index (χ1v) is 17.3. The SMILES string of the molecule is CC(C)n1nccc1C(=O)N[C@H](C(=O)Nc1ccc(C[C@@H](NC(=O)c2cnns2)C(=O)N2CCN(C)CC2)cc1)C1CCCCCC1. The summed E-state index contributed by atoms with van der Waals surface area (Å²) in [7, 11) is 2.02. The number of piperazine rings is 1. The summed E-state index contributed by atoms with van der Waals surface area (Å²) in [5.74, 6) is -1.08. The van der Waals surface area contributed by atoms with Gasteiger partial charge in [-0.25, -0.2) is 0 Å². The van der Waals surface area contributed by atoms with Gasteiger partial charge in [-0.1, -0.05) is 42.3 Å². The average Bonchev–Trinajstić information content (AvgIpc) is 3.73. The summed E-state index contributed by atoms with van der Waals surface area (Å²) in [6.07, 6.45) is 9.29. The molecule has 47 heavy (non-hydrogen) atoms. The maximum absolute atomic E-state index is 13.8. The minimum absolute atomic E-state index is 0.00361. The van der Waals surface area contributed by atoms with Crippen LogP contribution in [0.5, 0.6) is 0 Å². The van der Waals surface area contributed by atoms with Crippen LogP contribution in [0.4, 0.5) is 5.69 Å². The Bertz CT molecular complexity index is 1490. The van der Waals surface area contributed by atoms with Crippen molar-refractivity contribution in [3.63, 3.8) is 0 Å². The molecule has 2 fully saturated rings. The Kier molecular flexibility index (Phi) is 11.7. The van der Waals surface area contributed by atoms with Gasteiger partial charge in [-0.3, -0.25) is 23.9 Å². The molecule has 4 amide bonds. The van der Waals surface area contributed by atoms with Crippen LogP contribution in [0.1, 0.15) is 84.1 Å². The molecule has 0 unspecified atom stereocenters. The van der Waals surface area contributed by atoms with Gasteiger partial charge in [-0.15, -0.1) is 5.10 Å². The van der Waals surface area contributed by atoms with E-state index in [-0.39, 0.29) is 42.0 Å². The summed E-state index contributed by atoms with van der Waals surface area (Å²) in [4.78, 5) is 57.9. The van der Waals surface area contributed by atoms with E-state index >= 15 is 0 Å². The van der Waals surface area contributed by atoms with Crippen molar-refractivity contribution in [3.8, 4) is 0 Å². The molecule has 2 atom stereocenters. The number of rotatable bonds is 11. The summed E-state index contributed by atoms with van der Waals surface area (Å²) < 4.78 is 5.43. The van der Waals surface area contributed by atoms with E-state index in [2.05, 4.69) is 35.5 Å². The largest absolute Gasteiger partial charge is 0.339 e. The average molecular weight is 664 g/mol. The van der Waals surface area contributed by atoms with Crippen molar-refractivity contribution in [3.05, 3.63) is 58.9 Å². The number of nitrogens with one attached hydrogen (secondary N) is 3. The van der Waals surface area contributed by atoms with Gasteiger partial charge in [-0.2, -0.15) is 5.10 Å². The first-order valence-electron chi connectivity index (χ1n) is 16.5. The number of anilines is 1. The van der Waals surface area contributed by atoms with E-state index in [1.165, 1.54) is 6.20 Å². The Labute approximate surface area is 279 Å². The van der Waals surface area contributed by atoms with Crippen LogP contribution in [0.25, 0.3) is 0 Å². The van der Waals surface area contributed by atoms with E-state index in [0.717, 1.165) is 68.7 Å². The van der Waals surface area contributed by atoms with E-state index in [4.69, 9.17) is 0 Å². The van der Waals surface area contributed by atoms with Crippen molar-refractivity contribution in [1.82, 2.24) is 39.8 Å². The molecule has 1 saturated carbocycles. The Morgan fingerprint density at radius 3 is 2.26 bits per heavy atom. The molecule has 3 N–H and O–H groups in total. The van der Waals surface area contributed by atoms with Crippen LogP contribution in [0.2, 0.25) is 0 Å². The molecule has 1 aromatic carbocycles. The smallest absolute Gasteiger partial charge is 0.270 e.